The second kappa shape index (κ2) is 3.77. The van der Waals surface area contributed by atoms with Crippen molar-refractivity contribution in [2.45, 2.75) is 13.8 Å². The highest BCUT2D eigenvalue weighted by atomic mass is 16.5. The van der Waals surface area contributed by atoms with Gasteiger partial charge in [0.05, 0.1) is 12.8 Å². The second-order valence-corrected chi connectivity index (χ2v) is 3.51. The lowest BCUT2D eigenvalue weighted by Gasteiger charge is -2.07. The van der Waals surface area contributed by atoms with Gasteiger partial charge in [0.15, 0.2) is 0 Å². The van der Waals surface area contributed by atoms with Crippen LogP contribution in [-0.2, 0) is 0 Å². The van der Waals surface area contributed by atoms with Gasteiger partial charge in [0.1, 0.15) is 5.75 Å². The molecule has 78 valence electrons. The number of methoxy groups -OCH3 is 1. The molecular weight excluding hydrogens is 188 g/mol. The fraction of sp³-hybridized carbons (Fsp3) is 0.250. The summed E-state index contributed by atoms with van der Waals surface area (Å²) in [5, 5.41) is 7.17. The number of benzene rings is 1. The summed E-state index contributed by atoms with van der Waals surface area (Å²) >= 11 is 0. The van der Waals surface area contributed by atoms with Crippen LogP contribution < -0.4 is 4.74 Å². The van der Waals surface area contributed by atoms with Gasteiger partial charge < -0.3 is 4.74 Å². The fourth-order valence-electron chi connectivity index (χ4n) is 1.80. The monoisotopic (exact) mass is 202 g/mol. The molecule has 0 saturated carbocycles. The quantitative estimate of drug-likeness (QED) is 0.813. The molecule has 1 aromatic carbocycles. The molecule has 0 fully saturated rings. The summed E-state index contributed by atoms with van der Waals surface area (Å²) in [5.41, 5.74) is 4.28. The summed E-state index contributed by atoms with van der Waals surface area (Å²) in [7, 11) is 1.68. The average Bonchev–Trinajstić information content (AvgIpc) is 2.59. The van der Waals surface area contributed by atoms with Crippen LogP contribution >= 0.6 is 0 Å². The molecule has 0 aliphatic heterocycles. The van der Waals surface area contributed by atoms with Crippen molar-refractivity contribution < 1.29 is 4.74 Å². The lowest BCUT2D eigenvalue weighted by Crippen LogP contribution is -1.89. The molecule has 1 aromatic heterocycles. The highest BCUT2D eigenvalue weighted by Crippen LogP contribution is 2.32. The zero-order valence-electron chi connectivity index (χ0n) is 9.16. The van der Waals surface area contributed by atoms with E-state index in [1.54, 1.807) is 7.11 Å². The van der Waals surface area contributed by atoms with Crippen molar-refractivity contribution in [2.75, 3.05) is 7.11 Å². The fourth-order valence-corrected chi connectivity index (χ4v) is 1.80. The predicted molar refractivity (Wildman–Crippen MR) is 60.0 cm³/mol. The van der Waals surface area contributed by atoms with Gasteiger partial charge in [-0.3, -0.25) is 5.10 Å². The van der Waals surface area contributed by atoms with Gasteiger partial charge in [-0.15, -0.1) is 0 Å². The Morgan fingerprint density at radius 1 is 1.20 bits per heavy atom. The molecule has 2 rings (SSSR count). The van der Waals surface area contributed by atoms with Crippen LogP contribution in [0.15, 0.2) is 24.3 Å². The van der Waals surface area contributed by atoms with Crippen molar-refractivity contribution in [1.82, 2.24) is 10.2 Å². The topological polar surface area (TPSA) is 37.9 Å². The van der Waals surface area contributed by atoms with Crippen LogP contribution in [0.2, 0.25) is 0 Å². The number of hydrogen-bond acceptors (Lipinski definition) is 2. The summed E-state index contributed by atoms with van der Waals surface area (Å²) in [6.45, 7) is 4.01. The Labute approximate surface area is 89.1 Å². The van der Waals surface area contributed by atoms with E-state index in [9.17, 15) is 0 Å². The van der Waals surface area contributed by atoms with Gasteiger partial charge in [-0.25, -0.2) is 0 Å². The number of H-pyrrole nitrogens is 1. The van der Waals surface area contributed by atoms with E-state index in [0.29, 0.717) is 0 Å². The van der Waals surface area contributed by atoms with E-state index in [0.717, 1.165) is 28.3 Å². The minimum absolute atomic E-state index is 0.880. The van der Waals surface area contributed by atoms with Gasteiger partial charge >= 0.3 is 0 Å². The van der Waals surface area contributed by atoms with Gasteiger partial charge in [-0.05, 0) is 19.9 Å². The van der Waals surface area contributed by atoms with E-state index in [4.69, 9.17) is 4.74 Å². The van der Waals surface area contributed by atoms with Crippen LogP contribution in [0, 0.1) is 13.8 Å². The van der Waals surface area contributed by atoms with Gasteiger partial charge in [-0.1, -0.05) is 18.2 Å². The minimum atomic E-state index is 0.880. The van der Waals surface area contributed by atoms with E-state index in [1.165, 1.54) is 0 Å². The highest BCUT2D eigenvalue weighted by molar-refractivity contribution is 5.74. The summed E-state index contributed by atoms with van der Waals surface area (Å²) < 4.78 is 5.34. The Kier molecular flexibility index (Phi) is 2.46. The SMILES string of the molecule is COc1ccccc1-c1c(C)n[nH]c1C. The van der Waals surface area contributed by atoms with Gasteiger partial charge in [-0.2, -0.15) is 5.10 Å². The number of rotatable bonds is 2. The molecule has 0 atom stereocenters. The molecule has 0 spiro atoms. The van der Waals surface area contributed by atoms with Crippen molar-refractivity contribution in [3.05, 3.63) is 35.7 Å². The lowest BCUT2D eigenvalue weighted by molar-refractivity contribution is 0.416. The van der Waals surface area contributed by atoms with Crippen molar-refractivity contribution in [3.8, 4) is 16.9 Å². The number of aromatic amines is 1. The lowest BCUT2D eigenvalue weighted by atomic mass is 10.0. The largest absolute Gasteiger partial charge is 0.496 e. The zero-order chi connectivity index (χ0) is 10.8. The maximum Gasteiger partial charge on any atom is 0.126 e. The molecule has 2 aromatic rings. The molecule has 3 nitrogen and oxygen atoms in total. The van der Waals surface area contributed by atoms with E-state index in [2.05, 4.69) is 10.2 Å². The van der Waals surface area contributed by atoms with Crippen molar-refractivity contribution in [1.29, 1.82) is 0 Å². The number of aryl methyl sites for hydroxylation is 2. The summed E-state index contributed by atoms with van der Waals surface area (Å²) in [6.07, 6.45) is 0. The van der Waals surface area contributed by atoms with Crippen LogP contribution in [0.25, 0.3) is 11.1 Å². The Hall–Kier alpha value is -1.77. The number of para-hydroxylation sites is 1. The number of ether oxygens (including phenoxy) is 1. The first kappa shape index (κ1) is 9.77. The van der Waals surface area contributed by atoms with Crippen molar-refractivity contribution >= 4 is 0 Å². The molecule has 0 aliphatic carbocycles. The molecule has 15 heavy (non-hydrogen) atoms. The predicted octanol–water partition coefficient (Wildman–Crippen LogP) is 2.70. The first-order valence-corrected chi connectivity index (χ1v) is 4.89. The maximum atomic E-state index is 5.34. The second-order valence-electron chi connectivity index (χ2n) is 3.51. The minimum Gasteiger partial charge on any atom is -0.496 e. The molecule has 0 unspecified atom stereocenters. The molecule has 3 heteroatoms. The third-order valence-electron chi connectivity index (χ3n) is 2.50. The van der Waals surface area contributed by atoms with E-state index in [1.807, 2.05) is 38.1 Å². The highest BCUT2D eigenvalue weighted by Gasteiger charge is 2.12. The smallest absolute Gasteiger partial charge is 0.126 e. The van der Waals surface area contributed by atoms with Crippen LogP contribution in [0.5, 0.6) is 5.75 Å². The van der Waals surface area contributed by atoms with Crippen molar-refractivity contribution in [2.24, 2.45) is 0 Å². The van der Waals surface area contributed by atoms with E-state index >= 15 is 0 Å². The van der Waals surface area contributed by atoms with Gasteiger partial charge in [0.25, 0.3) is 0 Å². The van der Waals surface area contributed by atoms with Crippen LogP contribution in [0.1, 0.15) is 11.4 Å². The van der Waals surface area contributed by atoms with Crippen LogP contribution in [-0.4, -0.2) is 17.3 Å². The molecular formula is C12H14N2O. The standard InChI is InChI=1S/C12H14N2O/c1-8-12(9(2)14-13-8)10-6-4-5-7-11(10)15-3/h4-7H,1-3H3,(H,13,14). The van der Waals surface area contributed by atoms with E-state index in [-0.39, 0.29) is 0 Å². The van der Waals surface area contributed by atoms with Crippen molar-refractivity contribution in [3.63, 3.8) is 0 Å². The van der Waals surface area contributed by atoms with Crippen LogP contribution in [0.3, 0.4) is 0 Å². The third-order valence-corrected chi connectivity index (χ3v) is 2.50. The first-order valence-electron chi connectivity index (χ1n) is 4.89. The number of nitrogens with one attached hydrogen (secondary N) is 1. The molecule has 1 N–H and O–H groups in total. The van der Waals surface area contributed by atoms with E-state index < -0.39 is 0 Å². The Morgan fingerprint density at radius 2 is 1.93 bits per heavy atom. The number of nitrogens with zero attached hydrogens (tertiary/aromatic N) is 1. The Balaban J connectivity index is 2.63. The van der Waals surface area contributed by atoms with Crippen LogP contribution in [0.4, 0.5) is 0 Å². The summed E-state index contributed by atoms with van der Waals surface area (Å²) in [4.78, 5) is 0. The average molecular weight is 202 g/mol. The summed E-state index contributed by atoms with van der Waals surface area (Å²) in [5.74, 6) is 0.880. The Bertz CT molecular complexity index is 455. The maximum absolute atomic E-state index is 5.34. The molecule has 1 heterocycles. The Morgan fingerprint density at radius 3 is 2.53 bits per heavy atom. The first-order chi connectivity index (χ1) is 7.24. The summed E-state index contributed by atoms with van der Waals surface area (Å²) in [6, 6.07) is 7.97. The third kappa shape index (κ3) is 1.61. The molecule has 0 bridgehead atoms. The number of aromatic nitrogens is 2. The zero-order valence-corrected chi connectivity index (χ0v) is 9.16. The van der Waals surface area contributed by atoms with Gasteiger partial charge in [0, 0.05) is 16.8 Å². The molecule has 0 amide bonds. The number of hydrogen-bond donors (Lipinski definition) is 1. The normalized spacial score (nSPS) is 10.3. The molecule has 0 aliphatic rings. The molecule has 0 radical (unpaired) electrons. The van der Waals surface area contributed by atoms with Gasteiger partial charge in [0.2, 0.25) is 0 Å². The molecule has 0 saturated heterocycles.